The summed E-state index contributed by atoms with van der Waals surface area (Å²) >= 11 is 0. The summed E-state index contributed by atoms with van der Waals surface area (Å²) in [6.45, 7) is 0. The van der Waals surface area contributed by atoms with Gasteiger partial charge in [0.15, 0.2) is 0 Å². The lowest BCUT2D eigenvalue weighted by Crippen LogP contribution is -1.87. The number of aromatic nitrogens is 1. The van der Waals surface area contributed by atoms with Gasteiger partial charge in [0.2, 0.25) is 0 Å². The van der Waals surface area contributed by atoms with E-state index < -0.39 is 0 Å². The third-order valence-electron chi connectivity index (χ3n) is 3.63. The van der Waals surface area contributed by atoms with E-state index >= 15 is 0 Å². The van der Waals surface area contributed by atoms with Crippen LogP contribution in [0.15, 0.2) is 79.0 Å². The zero-order valence-electron chi connectivity index (χ0n) is 10.5. The van der Waals surface area contributed by atoms with Crippen molar-refractivity contribution in [3.63, 3.8) is 0 Å². The van der Waals surface area contributed by atoms with Crippen molar-refractivity contribution in [2.75, 3.05) is 0 Å². The minimum Gasteiger partial charge on any atom is -0.317 e. The van der Waals surface area contributed by atoms with Gasteiger partial charge in [0, 0.05) is 17.3 Å². The minimum atomic E-state index is 1.23. The van der Waals surface area contributed by atoms with Gasteiger partial charge in [-0.1, -0.05) is 48.5 Å². The van der Waals surface area contributed by atoms with E-state index in [9.17, 15) is 0 Å². The predicted molar refractivity (Wildman–Crippen MR) is 80.3 cm³/mol. The molecule has 0 radical (unpaired) electrons. The summed E-state index contributed by atoms with van der Waals surface area (Å²) in [5.74, 6) is 0. The van der Waals surface area contributed by atoms with E-state index in [1.165, 1.54) is 27.5 Å². The van der Waals surface area contributed by atoms with Crippen LogP contribution in [0, 0.1) is 0 Å². The SMILES string of the molecule is c1ccc2c(-c3ccc4ccccn34)cccc2c1. The number of pyridine rings is 1. The largest absolute Gasteiger partial charge is 0.317 e. The van der Waals surface area contributed by atoms with E-state index in [2.05, 4.69) is 83.4 Å². The van der Waals surface area contributed by atoms with Crippen molar-refractivity contribution in [1.82, 2.24) is 4.40 Å². The highest BCUT2D eigenvalue weighted by atomic mass is 14.9. The van der Waals surface area contributed by atoms with Crippen LogP contribution >= 0.6 is 0 Å². The normalized spacial score (nSPS) is 11.2. The Hall–Kier alpha value is -2.54. The molecule has 0 spiro atoms. The summed E-state index contributed by atoms with van der Waals surface area (Å²) in [6, 6.07) is 25.6. The summed E-state index contributed by atoms with van der Waals surface area (Å²) in [7, 11) is 0. The highest BCUT2D eigenvalue weighted by molar-refractivity contribution is 5.96. The van der Waals surface area contributed by atoms with Gasteiger partial charge in [0.1, 0.15) is 0 Å². The molecule has 1 heteroatoms. The predicted octanol–water partition coefficient (Wildman–Crippen LogP) is 4.76. The van der Waals surface area contributed by atoms with Crippen LogP contribution in [0.1, 0.15) is 0 Å². The maximum atomic E-state index is 2.24. The van der Waals surface area contributed by atoms with Crippen LogP contribution in [-0.4, -0.2) is 4.40 Å². The molecule has 19 heavy (non-hydrogen) atoms. The Morgan fingerprint density at radius 1 is 0.632 bits per heavy atom. The quantitative estimate of drug-likeness (QED) is 0.454. The van der Waals surface area contributed by atoms with E-state index in [4.69, 9.17) is 0 Å². The number of benzene rings is 2. The van der Waals surface area contributed by atoms with Crippen molar-refractivity contribution in [2.45, 2.75) is 0 Å². The fourth-order valence-corrected chi connectivity index (χ4v) is 2.72. The third kappa shape index (κ3) is 1.55. The molecule has 2 aromatic heterocycles. The lowest BCUT2D eigenvalue weighted by molar-refractivity contribution is 1.21. The number of hydrogen-bond acceptors (Lipinski definition) is 0. The number of nitrogens with zero attached hydrogens (tertiary/aromatic N) is 1. The van der Waals surface area contributed by atoms with Crippen LogP contribution in [0.5, 0.6) is 0 Å². The molecule has 0 N–H and O–H groups in total. The number of rotatable bonds is 1. The van der Waals surface area contributed by atoms with Crippen molar-refractivity contribution >= 4 is 16.3 Å². The average Bonchev–Trinajstić information content (AvgIpc) is 2.90. The Morgan fingerprint density at radius 3 is 2.47 bits per heavy atom. The van der Waals surface area contributed by atoms with Crippen molar-refractivity contribution in [2.24, 2.45) is 0 Å². The highest BCUT2D eigenvalue weighted by Crippen LogP contribution is 2.29. The molecule has 0 bridgehead atoms. The molecule has 2 aromatic carbocycles. The van der Waals surface area contributed by atoms with Gasteiger partial charge in [-0.05, 0) is 35.0 Å². The van der Waals surface area contributed by atoms with Crippen LogP contribution in [0.2, 0.25) is 0 Å². The Bertz CT molecular complexity index is 866. The zero-order valence-corrected chi connectivity index (χ0v) is 10.5. The highest BCUT2D eigenvalue weighted by Gasteiger charge is 2.07. The summed E-state index contributed by atoms with van der Waals surface area (Å²) in [5.41, 5.74) is 3.75. The summed E-state index contributed by atoms with van der Waals surface area (Å²) < 4.78 is 2.24. The molecular weight excluding hydrogens is 230 g/mol. The van der Waals surface area contributed by atoms with E-state index in [1.54, 1.807) is 0 Å². The fraction of sp³-hybridized carbons (Fsp3) is 0. The molecule has 90 valence electrons. The number of hydrogen-bond donors (Lipinski definition) is 0. The molecule has 0 fully saturated rings. The zero-order chi connectivity index (χ0) is 12.7. The van der Waals surface area contributed by atoms with Crippen LogP contribution in [0.25, 0.3) is 27.5 Å². The molecule has 4 aromatic rings. The monoisotopic (exact) mass is 243 g/mol. The first-order valence-corrected chi connectivity index (χ1v) is 6.48. The Balaban J connectivity index is 2.10. The molecular formula is C18H13N. The summed E-state index contributed by atoms with van der Waals surface area (Å²) in [6.07, 6.45) is 2.12. The molecule has 0 aliphatic rings. The molecule has 0 amide bonds. The number of fused-ring (bicyclic) bond motifs is 2. The second kappa shape index (κ2) is 3.99. The molecule has 2 heterocycles. The second-order valence-corrected chi connectivity index (χ2v) is 4.74. The fourth-order valence-electron chi connectivity index (χ4n) is 2.72. The first kappa shape index (κ1) is 10.4. The van der Waals surface area contributed by atoms with E-state index in [0.29, 0.717) is 0 Å². The Kier molecular flexibility index (Phi) is 2.18. The molecule has 0 saturated carbocycles. The van der Waals surface area contributed by atoms with Crippen molar-refractivity contribution in [1.29, 1.82) is 0 Å². The summed E-state index contributed by atoms with van der Waals surface area (Å²) in [4.78, 5) is 0. The lowest BCUT2D eigenvalue weighted by Gasteiger charge is -2.07. The summed E-state index contributed by atoms with van der Waals surface area (Å²) in [5, 5.41) is 2.58. The standard InChI is InChI=1S/C18H13N/c1-2-9-16-14(6-1)7-5-10-17(16)18-12-11-15-8-3-4-13-19(15)18/h1-13H. The van der Waals surface area contributed by atoms with E-state index in [-0.39, 0.29) is 0 Å². The van der Waals surface area contributed by atoms with Crippen molar-refractivity contribution < 1.29 is 0 Å². The smallest absolute Gasteiger partial charge is 0.0534 e. The van der Waals surface area contributed by atoms with Gasteiger partial charge in [-0.3, -0.25) is 0 Å². The van der Waals surface area contributed by atoms with Crippen molar-refractivity contribution in [3.05, 3.63) is 79.0 Å². The maximum Gasteiger partial charge on any atom is 0.0534 e. The molecule has 0 aliphatic heterocycles. The first-order chi connectivity index (χ1) is 9.43. The lowest BCUT2D eigenvalue weighted by atomic mass is 10.0. The van der Waals surface area contributed by atoms with Gasteiger partial charge < -0.3 is 4.40 Å². The van der Waals surface area contributed by atoms with Crippen LogP contribution in [-0.2, 0) is 0 Å². The van der Waals surface area contributed by atoms with Gasteiger partial charge in [-0.2, -0.15) is 0 Å². The molecule has 1 nitrogen and oxygen atoms in total. The van der Waals surface area contributed by atoms with Crippen LogP contribution in [0.4, 0.5) is 0 Å². The van der Waals surface area contributed by atoms with Gasteiger partial charge in [0.05, 0.1) is 5.69 Å². The van der Waals surface area contributed by atoms with Crippen LogP contribution in [0.3, 0.4) is 0 Å². The van der Waals surface area contributed by atoms with Gasteiger partial charge >= 0.3 is 0 Å². The molecule has 0 saturated heterocycles. The molecule has 0 aliphatic carbocycles. The van der Waals surface area contributed by atoms with E-state index in [0.717, 1.165) is 0 Å². The Morgan fingerprint density at radius 2 is 1.47 bits per heavy atom. The maximum absolute atomic E-state index is 2.24. The molecule has 4 rings (SSSR count). The molecule has 0 unspecified atom stereocenters. The first-order valence-electron chi connectivity index (χ1n) is 6.48. The van der Waals surface area contributed by atoms with Crippen molar-refractivity contribution in [3.8, 4) is 11.3 Å². The molecule has 0 atom stereocenters. The average molecular weight is 243 g/mol. The third-order valence-corrected chi connectivity index (χ3v) is 3.63. The van der Waals surface area contributed by atoms with Gasteiger partial charge in [-0.25, -0.2) is 0 Å². The topological polar surface area (TPSA) is 4.41 Å². The van der Waals surface area contributed by atoms with Gasteiger partial charge in [0.25, 0.3) is 0 Å². The van der Waals surface area contributed by atoms with Gasteiger partial charge in [-0.15, -0.1) is 0 Å². The van der Waals surface area contributed by atoms with Crippen LogP contribution < -0.4 is 0 Å². The minimum absolute atomic E-state index is 1.23. The second-order valence-electron chi connectivity index (χ2n) is 4.74. The Labute approximate surface area is 111 Å². The van der Waals surface area contributed by atoms with E-state index in [1.807, 2.05) is 0 Å².